The van der Waals surface area contributed by atoms with Gasteiger partial charge in [-0.25, -0.2) is 8.42 Å². The summed E-state index contributed by atoms with van der Waals surface area (Å²) in [6.07, 6.45) is 2.82. The van der Waals surface area contributed by atoms with E-state index in [1.807, 2.05) is 17.0 Å². The van der Waals surface area contributed by atoms with E-state index >= 15 is 0 Å². The van der Waals surface area contributed by atoms with Crippen LogP contribution >= 0.6 is 0 Å². The minimum atomic E-state index is -3.27. The van der Waals surface area contributed by atoms with Crippen molar-refractivity contribution in [1.29, 1.82) is 0 Å². The van der Waals surface area contributed by atoms with Crippen LogP contribution in [0.15, 0.2) is 48.5 Å². The Balaban J connectivity index is 1.42. The number of hydrogen-bond donors (Lipinski definition) is 0. The molecule has 29 heavy (non-hydrogen) atoms. The SMILES string of the molecule is CS(=O)(=O)N1CCc2cc(C(=O)N3CCCN(Cc4ccccc4)CC3)ccc21. The van der Waals surface area contributed by atoms with Gasteiger partial charge in [-0.15, -0.1) is 0 Å². The maximum atomic E-state index is 13.1. The molecule has 0 saturated carbocycles. The Bertz CT molecular complexity index is 992. The molecule has 2 aliphatic heterocycles. The first-order chi connectivity index (χ1) is 13.9. The molecular formula is C22H27N3O3S. The van der Waals surface area contributed by atoms with Crippen molar-refractivity contribution in [2.24, 2.45) is 0 Å². The Morgan fingerprint density at radius 3 is 2.52 bits per heavy atom. The number of carbonyl (C=O) groups is 1. The molecule has 1 fully saturated rings. The van der Waals surface area contributed by atoms with Gasteiger partial charge in [-0.1, -0.05) is 30.3 Å². The van der Waals surface area contributed by atoms with Crippen molar-refractivity contribution in [3.8, 4) is 0 Å². The van der Waals surface area contributed by atoms with Crippen LogP contribution < -0.4 is 4.31 Å². The zero-order chi connectivity index (χ0) is 20.4. The van der Waals surface area contributed by atoms with Gasteiger partial charge in [0.1, 0.15) is 0 Å². The number of amides is 1. The maximum Gasteiger partial charge on any atom is 0.253 e. The molecular weight excluding hydrogens is 386 g/mol. The van der Waals surface area contributed by atoms with Gasteiger partial charge in [0, 0.05) is 44.8 Å². The van der Waals surface area contributed by atoms with Gasteiger partial charge in [0.15, 0.2) is 0 Å². The lowest BCUT2D eigenvalue weighted by Crippen LogP contribution is -2.35. The van der Waals surface area contributed by atoms with E-state index in [-0.39, 0.29) is 5.91 Å². The Hall–Kier alpha value is -2.38. The second kappa shape index (κ2) is 8.16. The van der Waals surface area contributed by atoms with Gasteiger partial charge in [0.05, 0.1) is 11.9 Å². The summed E-state index contributed by atoms with van der Waals surface area (Å²) in [5.41, 5.74) is 3.58. The van der Waals surface area contributed by atoms with E-state index in [9.17, 15) is 13.2 Å². The Labute approximate surface area is 172 Å². The van der Waals surface area contributed by atoms with E-state index in [0.717, 1.165) is 38.2 Å². The first-order valence-electron chi connectivity index (χ1n) is 10.1. The molecule has 7 heteroatoms. The van der Waals surface area contributed by atoms with Crippen LogP contribution in [0.2, 0.25) is 0 Å². The minimum absolute atomic E-state index is 0.0344. The first kappa shape index (κ1) is 19.9. The highest BCUT2D eigenvalue weighted by Crippen LogP contribution is 2.31. The highest BCUT2D eigenvalue weighted by molar-refractivity contribution is 7.92. The van der Waals surface area contributed by atoms with E-state index in [0.29, 0.717) is 30.8 Å². The fraction of sp³-hybridized carbons (Fsp3) is 0.409. The molecule has 2 aromatic rings. The number of fused-ring (bicyclic) bond motifs is 1. The lowest BCUT2D eigenvalue weighted by molar-refractivity contribution is 0.0761. The van der Waals surface area contributed by atoms with Crippen LogP contribution in [0.25, 0.3) is 0 Å². The topological polar surface area (TPSA) is 60.9 Å². The molecule has 1 amide bonds. The summed E-state index contributed by atoms with van der Waals surface area (Å²) in [7, 11) is -3.27. The monoisotopic (exact) mass is 413 g/mol. The van der Waals surface area contributed by atoms with E-state index in [4.69, 9.17) is 0 Å². The Morgan fingerprint density at radius 1 is 0.966 bits per heavy atom. The molecule has 1 saturated heterocycles. The van der Waals surface area contributed by atoms with Crippen molar-refractivity contribution in [2.75, 3.05) is 43.3 Å². The average molecular weight is 414 g/mol. The largest absolute Gasteiger partial charge is 0.337 e. The molecule has 4 rings (SSSR count). The van der Waals surface area contributed by atoms with Gasteiger partial charge in [-0.2, -0.15) is 0 Å². The molecule has 0 spiro atoms. The Morgan fingerprint density at radius 2 is 1.76 bits per heavy atom. The molecule has 154 valence electrons. The fourth-order valence-corrected chi connectivity index (χ4v) is 5.16. The van der Waals surface area contributed by atoms with Crippen molar-refractivity contribution in [1.82, 2.24) is 9.80 Å². The van der Waals surface area contributed by atoms with Crippen LogP contribution in [0.4, 0.5) is 5.69 Å². The lowest BCUT2D eigenvalue weighted by atomic mass is 10.1. The zero-order valence-electron chi connectivity index (χ0n) is 16.8. The second-order valence-electron chi connectivity index (χ2n) is 7.84. The molecule has 2 aromatic carbocycles. The molecule has 0 aromatic heterocycles. The fourth-order valence-electron chi connectivity index (χ4n) is 4.21. The molecule has 0 unspecified atom stereocenters. The highest BCUT2D eigenvalue weighted by atomic mass is 32.2. The summed E-state index contributed by atoms with van der Waals surface area (Å²) in [4.78, 5) is 17.4. The van der Waals surface area contributed by atoms with Crippen LogP contribution in [0.3, 0.4) is 0 Å². The zero-order valence-corrected chi connectivity index (χ0v) is 17.6. The number of benzene rings is 2. The van der Waals surface area contributed by atoms with Crippen molar-refractivity contribution in [3.63, 3.8) is 0 Å². The molecule has 0 aliphatic carbocycles. The third-order valence-electron chi connectivity index (χ3n) is 5.70. The highest BCUT2D eigenvalue weighted by Gasteiger charge is 2.28. The quantitative estimate of drug-likeness (QED) is 0.772. The minimum Gasteiger partial charge on any atom is -0.337 e. The number of anilines is 1. The van der Waals surface area contributed by atoms with Crippen molar-refractivity contribution >= 4 is 21.6 Å². The van der Waals surface area contributed by atoms with Crippen molar-refractivity contribution in [3.05, 3.63) is 65.2 Å². The summed E-state index contributed by atoms with van der Waals surface area (Å²) in [6.45, 7) is 4.64. The molecule has 2 aliphatic rings. The summed E-state index contributed by atoms with van der Waals surface area (Å²) in [5, 5.41) is 0. The molecule has 2 heterocycles. The number of nitrogens with zero attached hydrogens (tertiary/aromatic N) is 3. The van der Waals surface area contributed by atoms with Crippen LogP contribution in [-0.4, -0.2) is 63.1 Å². The molecule has 6 nitrogen and oxygen atoms in total. The summed E-state index contributed by atoms with van der Waals surface area (Å²) < 4.78 is 25.2. The predicted octanol–water partition coefficient (Wildman–Crippen LogP) is 2.36. The predicted molar refractivity (Wildman–Crippen MR) is 115 cm³/mol. The average Bonchev–Trinajstić information content (AvgIpc) is 3.01. The van der Waals surface area contributed by atoms with Gasteiger partial charge in [0.25, 0.3) is 5.91 Å². The third kappa shape index (κ3) is 4.46. The number of hydrogen-bond acceptors (Lipinski definition) is 4. The standard InChI is InChI=1S/C22H27N3O3S/c1-29(27,28)25-13-10-19-16-20(8-9-21(19)25)22(26)24-12-5-11-23(14-15-24)17-18-6-3-2-4-7-18/h2-4,6-9,16H,5,10-15,17H2,1H3. The number of carbonyl (C=O) groups excluding carboxylic acids is 1. The van der Waals surface area contributed by atoms with E-state index < -0.39 is 10.0 Å². The summed E-state index contributed by atoms with van der Waals surface area (Å²) >= 11 is 0. The van der Waals surface area contributed by atoms with Gasteiger partial charge >= 0.3 is 0 Å². The van der Waals surface area contributed by atoms with Gasteiger partial charge in [-0.05, 0) is 42.2 Å². The summed E-state index contributed by atoms with van der Waals surface area (Å²) in [5.74, 6) is 0.0344. The van der Waals surface area contributed by atoms with Crippen molar-refractivity contribution in [2.45, 2.75) is 19.4 Å². The second-order valence-corrected chi connectivity index (χ2v) is 9.74. The summed E-state index contributed by atoms with van der Waals surface area (Å²) in [6, 6.07) is 15.8. The van der Waals surface area contributed by atoms with Crippen LogP contribution in [0.1, 0.15) is 27.9 Å². The normalized spacial score (nSPS) is 17.8. The van der Waals surface area contributed by atoms with Crippen LogP contribution in [-0.2, 0) is 23.0 Å². The maximum absolute atomic E-state index is 13.1. The first-order valence-corrected chi connectivity index (χ1v) is 11.9. The van der Waals surface area contributed by atoms with Gasteiger partial charge in [-0.3, -0.25) is 14.0 Å². The van der Waals surface area contributed by atoms with E-state index in [2.05, 4.69) is 29.2 Å². The number of rotatable bonds is 4. The van der Waals surface area contributed by atoms with Gasteiger partial charge < -0.3 is 4.90 Å². The van der Waals surface area contributed by atoms with Crippen molar-refractivity contribution < 1.29 is 13.2 Å². The lowest BCUT2D eigenvalue weighted by Gasteiger charge is -2.22. The van der Waals surface area contributed by atoms with Crippen LogP contribution in [0.5, 0.6) is 0 Å². The molecule has 0 bridgehead atoms. The smallest absolute Gasteiger partial charge is 0.253 e. The third-order valence-corrected chi connectivity index (χ3v) is 6.88. The van der Waals surface area contributed by atoms with E-state index in [1.54, 1.807) is 12.1 Å². The number of sulfonamides is 1. The van der Waals surface area contributed by atoms with E-state index in [1.165, 1.54) is 16.1 Å². The molecule has 0 atom stereocenters. The molecule has 0 radical (unpaired) electrons. The van der Waals surface area contributed by atoms with Crippen LogP contribution in [0, 0.1) is 0 Å². The van der Waals surface area contributed by atoms with Gasteiger partial charge in [0.2, 0.25) is 10.0 Å². The Kier molecular flexibility index (Phi) is 5.61. The molecule has 0 N–H and O–H groups in total.